The molecule has 2 heteroatoms. The maximum atomic E-state index is 9.75. The zero-order valence-electron chi connectivity index (χ0n) is 7.83. The minimum atomic E-state index is -0.236. The molecule has 0 heterocycles. The lowest BCUT2D eigenvalue weighted by Crippen LogP contribution is -2.33. The molecule has 1 aromatic rings. The normalized spacial score (nSPS) is 26.9. The molecule has 0 saturated heterocycles. The van der Waals surface area contributed by atoms with Gasteiger partial charge in [-0.05, 0) is 31.0 Å². The third-order valence-electron chi connectivity index (χ3n) is 2.80. The Balaban J connectivity index is 2.39. The maximum Gasteiger partial charge on any atom is 0.0738 e. The van der Waals surface area contributed by atoms with Crippen molar-refractivity contribution in [3.8, 4) is 0 Å². The van der Waals surface area contributed by atoms with E-state index in [4.69, 9.17) is 0 Å². The lowest BCUT2D eigenvalue weighted by atomic mass is 9.86. The lowest BCUT2D eigenvalue weighted by Gasteiger charge is -2.29. The van der Waals surface area contributed by atoms with Crippen LogP contribution in [-0.2, 0) is 6.42 Å². The van der Waals surface area contributed by atoms with Gasteiger partial charge < -0.3 is 10.4 Å². The van der Waals surface area contributed by atoms with E-state index in [1.807, 2.05) is 13.1 Å². The van der Waals surface area contributed by atoms with E-state index in [0.717, 1.165) is 12.8 Å². The molecule has 0 aliphatic heterocycles. The fourth-order valence-corrected chi connectivity index (χ4v) is 2.09. The Morgan fingerprint density at radius 3 is 2.92 bits per heavy atom. The van der Waals surface area contributed by atoms with Crippen molar-refractivity contribution in [1.82, 2.24) is 5.32 Å². The number of rotatable bonds is 1. The summed E-state index contributed by atoms with van der Waals surface area (Å²) in [4.78, 5) is 0. The smallest absolute Gasteiger partial charge is 0.0738 e. The second-order valence-electron chi connectivity index (χ2n) is 3.57. The van der Waals surface area contributed by atoms with E-state index in [2.05, 4.69) is 23.5 Å². The molecule has 0 bridgehead atoms. The van der Waals surface area contributed by atoms with Crippen LogP contribution in [0.1, 0.15) is 23.6 Å². The second kappa shape index (κ2) is 3.48. The van der Waals surface area contributed by atoms with Crippen LogP contribution >= 0.6 is 0 Å². The Morgan fingerprint density at radius 1 is 1.38 bits per heavy atom. The number of hydrogen-bond acceptors (Lipinski definition) is 2. The van der Waals surface area contributed by atoms with Crippen molar-refractivity contribution in [2.45, 2.75) is 25.0 Å². The number of aliphatic hydroxyl groups is 1. The number of fused-ring (bicyclic) bond motifs is 1. The molecule has 1 aliphatic carbocycles. The molecule has 0 aromatic heterocycles. The van der Waals surface area contributed by atoms with Gasteiger partial charge in [0.2, 0.25) is 0 Å². The molecule has 0 amide bonds. The first-order valence-corrected chi connectivity index (χ1v) is 4.76. The summed E-state index contributed by atoms with van der Waals surface area (Å²) in [5.41, 5.74) is 2.62. The SMILES string of the molecule is CN[C@H]1c2ccccc2CC[C@@H]1O. The van der Waals surface area contributed by atoms with Gasteiger partial charge in [-0.3, -0.25) is 0 Å². The van der Waals surface area contributed by atoms with E-state index < -0.39 is 0 Å². The van der Waals surface area contributed by atoms with Crippen molar-refractivity contribution in [2.75, 3.05) is 7.05 Å². The molecule has 2 nitrogen and oxygen atoms in total. The highest BCUT2D eigenvalue weighted by Gasteiger charge is 2.25. The molecular weight excluding hydrogens is 162 g/mol. The number of aryl methyl sites for hydroxylation is 1. The average Bonchev–Trinajstić information content (AvgIpc) is 2.18. The minimum absolute atomic E-state index is 0.116. The van der Waals surface area contributed by atoms with Crippen LogP contribution in [0.4, 0.5) is 0 Å². The van der Waals surface area contributed by atoms with Crippen LogP contribution in [0.25, 0.3) is 0 Å². The van der Waals surface area contributed by atoms with Gasteiger partial charge in [0.05, 0.1) is 12.1 Å². The van der Waals surface area contributed by atoms with Crippen molar-refractivity contribution >= 4 is 0 Å². The van der Waals surface area contributed by atoms with Crippen LogP contribution in [0, 0.1) is 0 Å². The van der Waals surface area contributed by atoms with Gasteiger partial charge in [-0.15, -0.1) is 0 Å². The summed E-state index contributed by atoms with van der Waals surface area (Å²) >= 11 is 0. The van der Waals surface area contributed by atoms with Crippen LogP contribution < -0.4 is 5.32 Å². The summed E-state index contributed by atoms with van der Waals surface area (Å²) in [5, 5.41) is 12.9. The summed E-state index contributed by atoms with van der Waals surface area (Å²) in [5.74, 6) is 0. The highest BCUT2D eigenvalue weighted by molar-refractivity contribution is 5.33. The van der Waals surface area contributed by atoms with Crippen molar-refractivity contribution in [1.29, 1.82) is 0 Å². The third kappa shape index (κ3) is 1.47. The molecular formula is C11H15NO. The first-order chi connectivity index (χ1) is 6.33. The Hall–Kier alpha value is -0.860. The van der Waals surface area contributed by atoms with E-state index in [-0.39, 0.29) is 12.1 Å². The predicted octanol–water partition coefficient (Wildman–Crippen LogP) is 1.25. The van der Waals surface area contributed by atoms with E-state index in [1.54, 1.807) is 0 Å². The summed E-state index contributed by atoms with van der Waals surface area (Å²) in [7, 11) is 1.90. The van der Waals surface area contributed by atoms with E-state index in [0.29, 0.717) is 0 Å². The maximum absolute atomic E-state index is 9.75. The largest absolute Gasteiger partial charge is 0.391 e. The van der Waals surface area contributed by atoms with Gasteiger partial charge >= 0.3 is 0 Å². The van der Waals surface area contributed by atoms with Gasteiger partial charge in [-0.2, -0.15) is 0 Å². The standard InChI is InChI=1S/C11H15NO/c1-12-11-9-5-3-2-4-8(9)6-7-10(11)13/h2-5,10-13H,6-7H2,1H3/t10-,11-/m0/s1. The zero-order chi connectivity index (χ0) is 9.26. The van der Waals surface area contributed by atoms with Crippen molar-refractivity contribution in [2.24, 2.45) is 0 Å². The first kappa shape index (κ1) is 8.73. The van der Waals surface area contributed by atoms with Crippen LogP contribution in [0.5, 0.6) is 0 Å². The average molecular weight is 177 g/mol. The van der Waals surface area contributed by atoms with Gasteiger partial charge in [-0.25, -0.2) is 0 Å². The Kier molecular flexibility index (Phi) is 2.34. The fraction of sp³-hybridized carbons (Fsp3) is 0.455. The predicted molar refractivity (Wildman–Crippen MR) is 52.6 cm³/mol. The molecule has 0 spiro atoms. The van der Waals surface area contributed by atoms with Gasteiger partial charge in [0.15, 0.2) is 0 Å². The third-order valence-corrected chi connectivity index (χ3v) is 2.80. The second-order valence-corrected chi connectivity index (χ2v) is 3.57. The molecule has 2 atom stereocenters. The number of nitrogens with one attached hydrogen (secondary N) is 1. The number of aliphatic hydroxyl groups excluding tert-OH is 1. The zero-order valence-corrected chi connectivity index (χ0v) is 7.83. The number of likely N-dealkylation sites (N-methyl/N-ethyl adjacent to an activating group) is 1. The van der Waals surface area contributed by atoms with Crippen molar-refractivity contribution in [3.63, 3.8) is 0 Å². The highest BCUT2D eigenvalue weighted by Crippen LogP contribution is 2.29. The van der Waals surface area contributed by atoms with Gasteiger partial charge in [-0.1, -0.05) is 24.3 Å². The van der Waals surface area contributed by atoms with E-state index >= 15 is 0 Å². The van der Waals surface area contributed by atoms with Crippen LogP contribution in [0.15, 0.2) is 24.3 Å². The van der Waals surface area contributed by atoms with E-state index in [9.17, 15) is 5.11 Å². The van der Waals surface area contributed by atoms with Gasteiger partial charge in [0.25, 0.3) is 0 Å². The number of benzene rings is 1. The summed E-state index contributed by atoms with van der Waals surface area (Å²) in [6.07, 6.45) is 1.62. The van der Waals surface area contributed by atoms with Gasteiger partial charge in [0.1, 0.15) is 0 Å². The molecule has 0 saturated carbocycles. The molecule has 0 fully saturated rings. The topological polar surface area (TPSA) is 32.3 Å². The monoisotopic (exact) mass is 177 g/mol. The summed E-state index contributed by atoms with van der Waals surface area (Å²) in [6, 6.07) is 8.44. The van der Waals surface area contributed by atoms with Crippen LogP contribution in [0.3, 0.4) is 0 Å². The van der Waals surface area contributed by atoms with Crippen LogP contribution in [0.2, 0.25) is 0 Å². The Bertz CT molecular complexity index is 298. The lowest BCUT2D eigenvalue weighted by molar-refractivity contribution is 0.114. The molecule has 2 rings (SSSR count). The molecule has 1 aliphatic rings. The van der Waals surface area contributed by atoms with Crippen LogP contribution in [-0.4, -0.2) is 18.3 Å². The Labute approximate surface area is 78.6 Å². The van der Waals surface area contributed by atoms with Crippen molar-refractivity contribution in [3.05, 3.63) is 35.4 Å². The Morgan fingerprint density at radius 2 is 2.15 bits per heavy atom. The van der Waals surface area contributed by atoms with Crippen molar-refractivity contribution < 1.29 is 5.11 Å². The molecule has 70 valence electrons. The summed E-state index contributed by atoms with van der Waals surface area (Å²) in [6.45, 7) is 0. The summed E-state index contributed by atoms with van der Waals surface area (Å²) < 4.78 is 0. The molecule has 13 heavy (non-hydrogen) atoms. The molecule has 0 radical (unpaired) electrons. The van der Waals surface area contributed by atoms with Gasteiger partial charge in [0, 0.05) is 0 Å². The molecule has 1 aromatic carbocycles. The molecule has 0 unspecified atom stereocenters. The minimum Gasteiger partial charge on any atom is -0.391 e. The first-order valence-electron chi connectivity index (χ1n) is 4.76. The van der Waals surface area contributed by atoms with E-state index in [1.165, 1.54) is 11.1 Å². The highest BCUT2D eigenvalue weighted by atomic mass is 16.3. The molecule has 2 N–H and O–H groups in total. The number of hydrogen-bond donors (Lipinski definition) is 2. The fourth-order valence-electron chi connectivity index (χ4n) is 2.09. The quantitative estimate of drug-likeness (QED) is 0.676.